The minimum Gasteiger partial charge on any atom is -0.493 e. The molecule has 1 atom stereocenters. The molecule has 1 unspecified atom stereocenters. The van der Waals surface area contributed by atoms with Crippen LogP contribution in [0.25, 0.3) is 5.69 Å². The van der Waals surface area contributed by atoms with Gasteiger partial charge in [0.1, 0.15) is 6.04 Å². The fourth-order valence-corrected chi connectivity index (χ4v) is 5.83. The fourth-order valence-electron chi connectivity index (χ4n) is 5.63. The zero-order valence-electron chi connectivity index (χ0n) is 20.8. The third-order valence-corrected chi connectivity index (χ3v) is 7.86. The van der Waals surface area contributed by atoms with Gasteiger partial charge in [0, 0.05) is 48.9 Å². The van der Waals surface area contributed by atoms with Gasteiger partial charge in [-0.25, -0.2) is 4.98 Å². The lowest BCUT2D eigenvalue weighted by molar-refractivity contribution is -0.182. The summed E-state index contributed by atoms with van der Waals surface area (Å²) in [6.07, 6.45) is -4.36. The van der Waals surface area contributed by atoms with Crippen molar-refractivity contribution in [2.24, 2.45) is 5.41 Å². The van der Waals surface area contributed by atoms with E-state index in [1.165, 1.54) is 11.8 Å². The number of rotatable bonds is 4. The molecular weight excluding hydrogens is 507 g/mol. The summed E-state index contributed by atoms with van der Waals surface area (Å²) < 4.78 is 48.2. The van der Waals surface area contributed by atoms with Gasteiger partial charge in [-0.1, -0.05) is 11.6 Å². The van der Waals surface area contributed by atoms with Crippen molar-refractivity contribution in [2.45, 2.75) is 39.2 Å². The van der Waals surface area contributed by atoms with Crippen molar-refractivity contribution in [3.63, 3.8) is 0 Å². The van der Waals surface area contributed by atoms with Crippen molar-refractivity contribution >= 4 is 23.4 Å². The molecule has 1 aromatic carbocycles. The molecule has 2 fully saturated rings. The van der Waals surface area contributed by atoms with Crippen LogP contribution in [0.15, 0.2) is 30.3 Å². The number of hydrogen-bond acceptors (Lipinski definition) is 7. The topological polar surface area (TPSA) is 62.6 Å². The zero-order chi connectivity index (χ0) is 26.1. The maximum absolute atomic E-state index is 13.6. The summed E-state index contributed by atoms with van der Waals surface area (Å²) in [7, 11) is 1.65. The van der Waals surface area contributed by atoms with Crippen LogP contribution < -0.4 is 14.5 Å². The van der Waals surface area contributed by atoms with Crippen LogP contribution in [0, 0.1) is 12.3 Å². The van der Waals surface area contributed by atoms with E-state index in [0.29, 0.717) is 22.4 Å². The summed E-state index contributed by atoms with van der Waals surface area (Å²) >= 11 is 6.24. The highest BCUT2D eigenvalue weighted by Crippen LogP contribution is 2.46. The summed E-state index contributed by atoms with van der Waals surface area (Å²) in [5.74, 6) is 2.74. The summed E-state index contributed by atoms with van der Waals surface area (Å²) in [4.78, 5) is 10.4. The molecule has 2 saturated heterocycles. The predicted molar refractivity (Wildman–Crippen MR) is 134 cm³/mol. The number of benzene rings is 1. The van der Waals surface area contributed by atoms with Crippen molar-refractivity contribution in [3.05, 3.63) is 52.4 Å². The molecule has 0 bridgehead atoms. The number of pyridine rings is 1. The molecule has 5 heterocycles. The molecule has 196 valence electrons. The molecule has 2 aromatic heterocycles. The van der Waals surface area contributed by atoms with E-state index in [1.807, 2.05) is 29.7 Å². The Hall–Kier alpha value is -3.05. The number of halogens is 4. The highest BCUT2D eigenvalue weighted by Gasteiger charge is 2.54. The molecule has 3 aromatic rings. The van der Waals surface area contributed by atoms with E-state index < -0.39 is 12.2 Å². The smallest absolute Gasteiger partial charge is 0.403 e. The monoisotopic (exact) mass is 533 g/mol. The van der Waals surface area contributed by atoms with Gasteiger partial charge in [0.2, 0.25) is 5.95 Å². The molecule has 3 aliphatic heterocycles. The number of ether oxygens (including phenoxy) is 1. The molecule has 0 radical (unpaired) electrons. The summed E-state index contributed by atoms with van der Waals surface area (Å²) in [5.41, 5.74) is 2.52. The van der Waals surface area contributed by atoms with Gasteiger partial charge in [0.15, 0.2) is 17.4 Å². The second-order valence-electron chi connectivity index (χ2n) is 10.3. The molecule has 0 N–H and O–H groups in total. The van der Waals surface area contributed by atoms with Crippen molar-refractivity contribution in [1.29, 1.82) is 0 Å². The molecule has 0 saturated carbocycles. The molecule has 12 heteroatoms. The van der Waals surface area contributed by atoms with Crippen LogP contribution in [-0.4, -0.2) is 70.2 Å². The third-order valence-electron chi connectivity index (χ3n) is 7.62. The second-order valence-corrected chi connectivity index (χ2v) is 10.8. The van der Waals surface area contributed by atoms with Crippen LogP contribution in [0.5, 0.6) is 5.75 Å². The van der Waals surface area contributed by atoms with Crippen LogP contribution in [0.2, 0.25) is 5.02 Å². The maximum Gasteiger partial charge on any atom is 0.403 e. The van der Waals surface area contributed by atoms with Crippen LogP contribution >= 0.6 is 11.6 Å². The first-order valence-corrected chi connectivity index (χ1v) is 12.5. The summed E-state index contributed by atoms with van der Waals surface area (Å²) in [6.45, 7) is 6.54. The van der Waals surface area contributed by atoms with E-state index in [9.17, 15) is 13.2 Å². The first-order chi connectivity index (χ1) is 17.6. The van der Waals surface area contributed by atoms with Crippen LogP contribution in [0.1, 0.15) is 24.0 Å². The van der Waals surface area contributed by atoms with Gasteiger partial charge in [-0.3, -0.25) is 9.47 Å². The second kappa shape index (κ2) is 8.49. The zero-order valence-corrected chi connectivity index (χ0v) is 21.5. The largest absolute Gasteiger partial charge is 0.493 e. The predicted octanol–water partition coefficient (Wildman–Crippen LogP) is 4.23. The number of aromatic nitrogens is 4. The Morgan fingerprint density at radius 2 is 1.76 bits per heavy atom. The van der Waals surface area contributed by atoms with Gasteiger partial charge in [0.05, 0.1) is 19.3 Å². The number of anilines is 2. The third kappa shape index (κ3) is 4.08. The summed E-state index contributed by atoms with van der Waals surface area (Å²) in [6, 6.07) is 7.56. The average Bonchev–Trinajstić information content (AvgIpc) is 3.11. The molecule has 3 aliphatic rings. The van der Waals surface area contributed by atoms with Crippen molar-refractivity contribution < 1.29 is 17.9 Å². The maximum atomic E-state index is 13.6. The number of nitrogens with zero attached hydrogens (tertiary/aromatic N) is 7. The average molecular weight is 534 g/mol. The lowest BCUT2D eigenvalue weighted by atomic mass is 9.73. The molecule has 37 heavy (non-hydrogen) atoms. The lowest BCUT2D eigenvalue weighted by Crippen LogP contribution is -2.73. The highest BCUT2D eigenvalue weighted by atomic mass is 35.5. The molecule has 0 amide bonds. The Kier molecular flexibility index (Phi) is 5.57. The van der Waals surface area contributed by atoms with Crippen molar-refractivity contribution in [3.8, 4) is 11.4 Å². The van der Waals surface area contributed by atoms with Gasteiger partial charge >= 0.3 is 6.18 Å². The first kappa shape index (κ1) is 24.3. The van der Waals surface area contributed by atoms with E-state index in [1.54, 1.807) is 19.2 Å². The van der Waals surface area contributed by atoms with Crippen LogP contribution in [0.3, 0.4) is 0 Å². The Balaban J connectivity index is 1.25. The molecular formula is C25H27ClF3N7O. The minimum atomic E-state index is -4.36. The van der Waals surface area contributed by atoms with Gasteiger partial charge in [-0.2, -0.15) is 13.2 Å². The molecule has 0 aliphatic carbocycles. The molecule has 8 nitrogen and oxygen atoms in total. The molecule has 1 spiro atoms. The number of alkyl halides is 3. The van der Waals surface area contributed by atoms with Gasteiger partial charge < -0.3 is 14.5 Å². The number of methoxy groups -OCH3 is 1. The standard InChI is InChI=1S/C25H27ClF3N7O/c1-15-4-7-20(37-3)22(30-15)34-11-24(12-34)13-35(14-24)23-32-31-21-10-33(16(2)25(27,28)29)9-17-8-18(26)5-6-19(17)36(21)23/h4-8,16H,9-14H2,1-3H3. The van der Waals surface area contributed by atoms with E-state index in [2.05, 4.69) is 25.0 Å². The fraction of sp³-hybridized carbons (Fsp3) is 0.480. The van der Waals surface area contributed by atoms with Crippen LogP contribution in [0.4, 0.5) is 24.9 Å². The number of hydrogen-bond donors (Lipinski definition) is 0. The van der Waals surface area contributed by atoms with Gasteiger partial charge in [-0.15, -0.1) is 10.2 Å². The minimum absolute atomic E-state index is 0.0333. The first-order valence-electron chi connectivity index (χ1n) is 12.1. The van der Waals surface area contributed by atoms with E-state index >= 15 is 0 Å². The Morgan fingerprint density at radius 3 is 2.46 bits per heavy atom. The van der Waals surface area contributed by atoms with E-state index in [4.69, 9.17) is 16.3 Å². The van der Waals surface area contributed by atoms with E-state index in [0.717, 1.165) is 49.1 Å². The Morgan fingerprint density at radius 1 is 1.03 bits per heavy atom. The SMILES string of the molecule is COc1ccc(C)nc1N1CC2(C1)CN(c1nnc3n1-c1ccc(Cl)cc1CN(C(C)C(F)(F)F)C3)C2. The number of fused-ring (bicyclic) bond motifs is 3. The Bertz CT molecular complexity index is 1350. The van der Waals surface area contributed by atoms with Gasteiger partial charge in [-0.05, 0) is 49.7 Å². The van der Waals surface area contributed by atoms with E-state index in [-0.39, 0.29) is 18.5 Å². The number of aryl methyl sites for hydroxylation is 1. The summed E-state index contributed by atoms with van der Waals surface area (Å²) in [5, 5.41) is 9.25. The normalized spacial score (nSPS) is 19.5. The van der Waals surface area contributed by atoms with Crippen LogP contribution in [-0.2, 0) is 13.1 Å². The van der Waals surface area contributed by atoms with Crippen molar-refractivity contribution in [2.75, 3.05) is 43.1 Å². The quantitative estimate of drug-likeness (QED) is 0.497. The lowest BCUT2D eigenvalue weighted by Gasteiger charge is -2.60. The Labute approximate surface area is 217 Å². The van der Waals surface area contributed by atoms with Gasteiger partial charge in [0.25, 0.3) is 0 Å². The molecule has 6 rings (SSSR count). The van der Waals surface area contributed by atoms with Crippen molar-refractivity contribution in [1.82, 2.24) is 24.6 Å². The highest BCUT2D eigenvalue weighted by molar-refractivity contribution is 6.30.